The molecule has 135 heavy (non-hydrogen) atoms. The number of carboxylic acid groups (broad SMARTS) is 1. The van der Waals surface area contributed by atoms with Gasteiger partial charge in [0.05, 0.1) is 31.6 Å². The first-order valence-corrected chi connectivity index (χ1v) is 46.1. The molecular weight excluding hydrogens is 1780 g/mol. The van der Waals surface area contributed by atoms with E-state index < -0.39 is 265 Å². The van der Waals surface area contributed by atoms with Gasteiger partial charge in [-0.3, -0.25) is 76.7 Å². The monoisotopic (exact) mass is 1900 g/mol. The number of nitrogens with zero attached hydrogens (tertiary/aromatic N) is 6. The largest absolute Gasteiger partial charge is 0.508 e. The molecule has 1 aromatic heterocycles. The quantitative estimate of drug-likeness (QED) is 0.0420. The number of carbonyl (C=O) groups excluding carboxylic acids is 15. The summed E-state index contributed by atoms with van der Waals surface area (Å²) in [6.45, 7) is 5.79. The van der Waals surface area contributed by atoms with Gasteiger partial charge in [0, 0.05) is 115 Å². The number of hydrogen-bond donors (Lipinski definition) is 14. The number of hydrogen-bond acceptors (Lipinski definition) is 21. The number of primary amides is 1. The van der Waals surface area contributed by atoms with Crippen LogP contribution < -0.4 is 54.0 Å². The maximum atomic E-state index is 15.8. The second-order valence-corrected chi connectivity index (χ2v) is 36.4. The fourth-order valence-corrected chi connectivity index (χ4v) is 18.0. The van der Waals surface area contributed by atoms with E-state index in [1.807, 2.05) is 0 Å². The third-order valence-electron chi connectivity index (χ3n) is 24.5. The normalized spacial score (nSPS) is 25.1. The zero-order valence-electron chi connectivity index (χ0n) is 76.5. The number of thioether (sulfide) groups is 1. The molecule has 728 valence electrons. The van der Waals surface area contributed by atoms with Gasteiger partial charge in [-0.05, 0) is 95.7 Å². The van der Waals surface area contributed by atoms with Gasteiger partial charge < -0.3 is 108 Å². The van der Waals surface area contributed by atoms with Crippen molar-refractivity contribution in [2.75, 3.05) is 72.0 Å². The van der Waals surface area contributed by atoms with Crippen molar-refractivity contribution in [2.45, 2.75) is 209 Å². The Morgan fingerprint density at radius 1 is 0.556 bits per heavy atom. The fourth-order valence-electron chi connectivity index (χ4n) is 17.1. The van der Waals surface area contributed by atoms with Crippen LogP contribution in [0, 0.1) is 29.3 Å². The smallest absolute Gasteiger partial charge is 0.303 e. The number of phenols is 1. The SMILES string of the molecule is CCCC[C@H]1C(=O)N2C[C@H](O)C[C@@H]2C(=O)N2C[C@H](N)C[C@H]2C(=O)N[C@@H](C(C)C)C(=O)N(C)[C@@H](Cc2ccccc2)C(=O)N[C@@H](CCC(=O)O)C(=O)N2CCOC[C@@H]2C(=O)N[C@H](Cc2c[nH]c3ccccc23)C(=O)N[C@@H](Cc2ccc(O)cc2)C(=O)N[C@@H](CC(C)C)C(=O)N[C@H](C(=O)NCC(N)=O)CSCC(=O)N[C@@H](Cc2cc(F)c(F)c(F)c2)C(=O)N(C)[C@@H](Cc2ccccc2)C(=O)N1C. The summed E-state index contributed by atoms with van der Waals surface area (Å²) in [4.78, 5) is 249. The fraction of sp³-hybridized carbons (Fsp3) is 0.489. The summed E-state index contributed by atoms with van der Waals surface area (Å²) in [5.41, 5.74) is 14.0. The number of aliphatic hydroxyl groups is 1. The van der Waals surface area contributed by atoms with E-state index in [-0.39, 0.29) is 88.8 Å². The van der Waals surface area contributed by atoms with Gasteiger partial charge in [0.25, 0.3) is 0 Å². The molecule has 0 radical (unpaired) electrons. The third kappa shape index (κ3) is 27.9. The molecule has 5 aromatic carbocycles. The lowest BCUT2D eigenvalue weighted by molar-refractivity contribution is -0.154. The topological polar surface area (TPSA) is 527 Å². The molecule has 37 nitrogen and oxygen atoms in total. The van der Waals surface area contributed by atoms with Crippen molar-refractivity contribution < 1.29 is 110 Å². The van der Waals surface area contributed by atoms with Crippen LogP contribution in [-0.4, -0.2) is 307 Å². The lowest BCUT2D eigenvalue weighted by atomic mass is 9.98. The van der Waals surface area contributed by atoms with Crippen molar-refractivity contribution in [1.82, 2.24) is 76.9 Å². The highest BCUT2D eigenvalue weighted by Gasteiger charge is 2.51. The molecule has 0 saturated carbocycles. The number of H-pyrrole nitrogens is 1. The van der Waals surface area contributed by atoms with Gasteiger partial charge in [0.15, 0.2) is 17.5 Å². The van der Waals surface area contributed by atoms with Crippen molar-refractivity contribution >= 4 is 117 Å². The second-order valence-electron chi connectivity index (χ2n) is 35.4. The van der Waals surface area contributed by atoms with E-state index in [9.17, 15) is 38.9 Å². The van der Waals surface area contributed by atoms with Gasteiger partial charge in [0.1, 0.15) is 84.3 Å². The minimum absolute atomic E-state index is 0.0740. The van der Waals surface area contributed by atoms with Crippen LogP contribution in [0.3, 0.4) is 0 Å². The summed E-state index contributed by atoms with van der Waals surface area (Å²) in [7, 11) is 3.76. The first-order chi connectivity index (χ1) is 64.2. The Labute approximate surface area is 782 Å². The zero-order valence-corrected chi connectivity index (χ0v) is 77.3. The minimum atomic E-state index is -1.88. The zero-order chi connectivity index (χ0) is 98.3. The van der Waals surface area contributed by atoms with Crippen molar-refractivity contribution in [3.8, 4) is 5.75 Å². The molecule has 4 saturated heterocycles. The highest BCUT2D eigenvalue weighted by molar-refractivity contribution is 8.00. The lowest BCUT2D eigenvalue weighted by Crippen LogP contribution is -2.64. The molecule has 0 aliphatic carbocycles. The molecule has 0 unspecified atom stereocenters. The highest BCUT2D eigenvalue weighted by Crippen LogP contribution is 2.31. The van der Waals surface area contributed by atoms with Crippen LogP contribution in [0.25, 0.3) is 10.9 Å². The maximum absolute atomic E-state index is 15.8. The van der Waals surface area contributed by atoms with Gasteiger partial charge in [-0.1, -0.05) is 138 Å². The Morgan fingerprint density at radius 2 is 1.12 bits per heavy atom. The predicted molar refractivity (Wildman–Crippen MR) is 488 cm³/mol. The predicted octanol–water partition coefficient (Wildman–Crippen LogP) is 0.901. The third-order valence-corrected chi connectivity index (χ3v) is 25.5. The Balaban J connectivity index is 1.06. The highest BCUT2D eigenvalue weighted by atomic mass is 32.2. The number of unbranched alkanes of at least 4 members (excludes halogenated alkanes) is 1. The minimum Gasteiger partial charge on any atom is -0.508 e. The van der Waals surface area contributed by atoms with E-state index in [1.54, 1.807) is 126 Å². The molecular formula is C94H120F3N17O20S. The van der Waals surface area contributed by atoms with Gasteiger partial charge in [-0.15, -0.1) is 11.8 Å². The number of fused-ring (bicyclic) bond motifs is 4. The number of morpholine rings is 1. The van der Waals surface area contributed by atoms with Gasteiger partial charge in [0.2, 0.25) is 88.6 Å². The molecule has 4 aliphatic heterocycles. The summed E-state index contributed by atoms with van der Waals surface area (Å²) < 4.78 is 51.0. The number of likely N-dealkylation sites (N-methyl/N-ethyl adjacent to an activating group) is 3. The number of para-hydroxylation sites is 1. The molecule has 4 fully saturated rings. The maximum Gasteiger partial charge on any atom is 0.303 e. The number of rotatable bonds is 22. The molecule has 41 heteroatoms. The molecule has 5 heterocycles. The van der Waals surface area contributed by atoms with Crippen molar-refractivity contribution in [3.63, 3.8) is 0 Å². The number of phenolic OH excluding ortho intramolecular Hbond substituents is 1. The van der Waals surface area contributed by atoms with E-state index >= 15 is 66.3 Å². The van der Waals surface area contributed by atoms with Crippen LogP contribution >= 0.6 is 11.8 Å². The Bertz CT molecular complexity index is 5250. The van der Waals surface area contributed by atoms with E-state index in [2.05, 4.69) is 47.5 Å². The molecule has 0 bridgehead atoms. The number of aliphatic hydroxyl groups excluding tert-OH is 1. The van der Waals surface area contributed by atoms with E-state index in [0.29, 0.717) is 63.5 Å². The van der Waals surface area contributed by atoms with Gasteiger partial charge in [-0.2, -0.15) is 0 Å². The number of carboxylic acids is 1. The van der Waals surface area contributed by atoms with Gasteiger partial charge >= 0.3 is 5.97 Å². The molecule has 15 atom stereocenters. The van der Waals surface area contributed by atoms with Crippen LogP contribution in [0.4, 0.5) is 13.2 Å². The number of aromatic amines is 1. The van der Waals surface area contributed by atoms with Crippen LogP contribution in [0.2, 0.25) is 0 Å². The average Bonchev–Trinajstić information content (AvgIpc) is 1.62. The molecule has 0 spiro atoms. The first-order valence-electron chi connectivity index (χ1n) is 44.9. The van der Waals surface area contributed by atoms with Crippen LogP contribution in [0.1, 0.15) is 114 Å². The number of carbonyl (C=O) groups is 16. The number of benzene rings is 5. The number of halogens is 3. The number of aliphatic carboxylic acids is 1. The number of amides is 15. The van der Waals surface area contributed by atoms with E-state index in [4.69, 9.17) is 16.2 Å². The molecule has 15 amide bonds. The van der Waals surface area contributed by atoms with Crippen molar-refractivity contribution in [1.29, 1.82) is 0 Å². The standard InChI is InChI=1S/C94H120F3N17O20S/c1-9-10-25-71-92(131)114-47-60(116)43-75(114)93(132)113-46-58(98)42-73(113)87(126)108-81(52(4)5)94(133)110(7)72(39-53-19-13-11-14-20-53)86(125)103-65(30-31-79(119)120)90(129)112-32-33-134-48-76(112)88(127)106-68(41-57-44-100-64-24-18-17-23-61(57)64)85(124)105-67(37-55-26-28-59(115)29-27-55)84(123)104-66(34-51(2)3)83(122)107-70(82(121)101-45-77(99)117)49-135-50-78(118)102-69(38-56-35-62(95)80(97)63(96)36-56)89(128)111(8)74(91(130)109(71)6)40-54-21-15-12-16-22-54/h11-24,26-29,35-36,44,51-52,58,60,65-76,81,100,115-116H,9-10,25,30-34,37-43,45-50,98H2,1-8H3,(H2,99,117)(H,101,121)(H,102,118)(H,103,125)(H,104,123)(H,105,124)(H,106,127)(H,107,122)(H,108,126)(H,119,120)/t58-,60-,65+,66+,67+,68-,69+,70+,71+,72+,73+,74+,75-,76-,81+/m1/s1. The summed E-state index contributed by atoms with van der Waals surface area (Å²) in [6, 6.07) is 8.27. The Morgan fingerprint density at radius 3 is 1.75 bits per heavy atom. The van der Waals surface area contributed by atoms with Crippen molar-refractivity contribution in [3.05, 3.63) is 173 Å². The van der Waals surface area contributed by atoms with E-state index in [0.717, 1.165) is 29.4 Å². The van der Waals surface area contributed by atoms with E-state index in [1.165, 1.54) is 45.4 Å². The van der Waals surface area contributed by atoms with Gasteiger partial charge in [-0.25, -0.2) is 13.2 Å². The van der Waals surface area contributed by atoms with Crippen LogP contribution in [0.15, 0.2) is 128 Å². The summed E-state index contributed by atoms with van der Waals surface area (Å²) in [5, 5.41) is 53.9. The number of aromatic nitrogens is 1. The molecule has 10 rings (SSSR count). The lowest BCUT2D eigenvalue weighted by Gasteiger charge is -2.38. The summed E-state index contributed by atoms with van der Waals surface area (Å²) in [5.74, 6) is -23.8. The summed E-state index contributed by atoms with van der Waals surface area (Å²) in [6.07, 6.45) is -3.22. The molecule has 4 aliphatic rings. The number of nitrogens with one attached hydrogen (secondary N) is 9. The molecule has 6 aromatic rings. The summed E-state index contributed by atoms with van der Waals surface area (Å²) >= 11 is 0.668. The van der Waals surface area contributed by atoms with Crippen molar-refractivity contribution in [2.24, 2.45) is 23.3 Å². The first kappa shape index (κ1) is 104. The average molecular weight is 1900 g/mol. The number of nitrogens with two attached hydrogens (primary N) is 2. The Hall–Kier alpha value is -13.0. The molecule has 16 N–H and O–H groups in total. The van der Waals surface area contributed by atoms with Crippen LogP contribution in [0.5, 0.6) is 5.75 Å². The number of ether oxygens (including phenoxy) is 1. The number of aromatic hydroxyl groups is 1. The van der Waals surface area contributed by atoms with Crippen LogP contribution in [-0.2, 0) is 114 Å². The Kier molecular flexibility index (Phi) is 37.2. The second kappa shape index (κ2) is 48.3.